The van der Waals surface area contributed by atoms with Gasteiger partial charge in [0.2, 0.25) is 0 Å². The zero-order valence-electron chi connectivity index (χ0n) is 12.4. The first-order valence-electron chi connectivity index (χ1n) is 7.49. The minimum Gasteiger partial charge on any atom is -0.468 e. The Hall–Kier alpha value is -1.87. The molecule has 0 amide bonds. The Morgan fingerprint density at radius 2 is 2.00 bits per heavy atom. The highest BCUT2D eigenvalue weighted by molar-refractivity contribution is 5.68. The highest BCUT2D eigenvalue weighted by atomic mass is 16.3. The lowest BCUT2D eigenvalue weighted by Gasteiger charge is -2.31. The quantitative estimate of drug-likeness (QED) is 0.730. The van der Waals surface area contributed by atoms with Crippen LogP contribution in [0, 0.1) is 0 Å². The lowest BCUT2D eigenvalue weighted by molar-refractivity contribution is -0.112. The Morgan fingerprint density at radius 1 is 1.24 bits per heavy atom. The van der Waals surface area contributed by atoms with Crippen LogP contribution in [0.4, 0.5) is 0 Å². The van der Waals surface area contributed by atoms with Gasteiger partial charge in [-0.25, -0.2) is 0 Å². The van der Waals surface area contributed by atoms with Crippen LogP contribution in [0.15, 0.2) is 53.1 Å². The summed E-state index contributed by atoms with van der Waals surface area (Å²) in [6.45, 7) is 3.52. The fraction of sp³-hybridized carbons (Fsp3) is 0.389. The molecule has 0 aliphatic heterocycles. The minimum absolute atomic E-state index is 0.476. The highest BCUT2D eigenvalue weighted by Gasteiger charge is 2.36. The van der Waals surface area contributed by atoms with Crippen molar-refractivity contribution in [3.8, 4) is 0 Å². The van der Waals surface area contributed by atoms with Crippen LogP contribution in [0.1, 0.15) is 31.1 Å². The Bertz CT molecular complexity index is 575. The Labute approximate surface area is 125 Å². The topological polar surface area (TPSA) is 33.5 Å². The van der Waals surface area contributed by atoms with Crippen LogP contribution in [0.3, 0.4) is 0 Å². The van der Waals surface area contributed by atoms with Crippen molar-refractivity contribution in [1.82, 2.24) is 4.90 Å². The number of carbonyl (C=O) groups excluding carboxylic acids is 1. The van der Waals surface area contributed by atoms with E-state index in [1.807, 2.05) is 49.4 Å². The summed E-state index contributed by atoms with van der Waals surface area (Å²) in [6.07, 6.45) is 5.21. The molecule has 0 spiro atoms. The maximum Gasteiger partial charge on any atom is 0.131 e. The lowest BCUT2D eigenvalue weighted by atomic mass is 9.83. The van der Waals surface area contributed by atoms with Crippen LogP contribution >= 0.6 is 0 Å². The van der Waals surface area contributed by atoms with Crippen molar-refractivity contribution in [2.75, 3.05) is 6.54 Å². The maximum atomic E-state index is 11.8. The monoisotopic (exact) mass is 283 g/mol. The second-order valence-electron chi connectivity index (χ2n) is 6.12. The first-order chi connectivity index (χ1) is 10.2. The summed E-state index contributed by atoms with van der Waals surface area (Å²) < 4.78 is 5.47. The van der Waals surface area contributed by atoms with E-state index >= 15 is 0 Å². The average Bonchev–Trinajstić information content (AvgIpc) is 3.25. The van der Waals surface area contributed by atoms with E-state index in [1.54, 1.807) is 6.26 Å². The third-order valence-electron chi connectivity index (χ3n) is 4.23. The van der Waals surface area contributed by atoms with Crippen molar-refractivity contribution >= 4 is 6.29 Å². The molecule has 0 saturated heterocycles. The van der Waals surface area contributed by atoms with E-state index in [0.717, 1.165) is 30.7 Å². The fourth-order valence-electron chi connectivity index (χ4n) is 2.79. The molecule has 3 nitrogen and oxygen atoms in total. The lowest BCUT2D eigenvalue weighted by Crippen LogP contribution is -2.41. The summed E-state index contributed by atoms with van der Waals surface area (Å²) in [5, 5.41) is 0. The molecule has 3 heteroatoms. The molecular weight excluding hydrogens is 262 g/mol. The summed E-state index contributed by atoms with van der Waals surface area (Å²) in [4.78, 5) is 14.1. The van der Waals surface area contributed by atoms with E-state index in [-0.39, 0.29) is 0 Å². The largest absolute Gasteiger partial charge is 0.468 e. The molecule has 1 saturated carbocycles. The summed E-state index contributed by atoms with van der Waals surface area (Å²) in [5.74, 6) is 0.961. The van der Waals surface area contributed by atoms with E-state index < -0.39 is 5.41 Å². The van der Waals surface area contributed by atoms with Crippen LogP contribution in [-0.2, 0) is 16.8 Å². The van der Waals surface area contributed by atoms with Gasteiger partial charge < -0.3 is 9.21 Å². The van der Waals surface area contributed by atoms with Gasteiger partial charge in [-0.3, -0.25) is 4.90 Å². The summed E-state index contributed by atoms with van der Waals surface area (Å²) in [6, 6.07) is 14.5. The minimum atomic E-state index is -0.476. The van der Waals surface area contributed by atoms with Gasteiger partial charge in [-0.2, -0.15) is 0 Å². The van der Waals surface area contributed by atoms with Crippen LogP contribution in [0.25, 0.3) is 0 Å². The van der Waals surface area contributed by atoms with Gasteiger partial charge in [-0.15, -0.1) is 0 Å². The molecule has 1 aliphatic rings. The molecule has 1 aromatic heterocycles. The van der Waals surface area contributed by atoms with E-state index in [1.165, 1.54) is 12.8 Å². The molecule has 0 N–H and O–H groups in total. The van der Waals surface area contributed by atoms with Gasteiger partial charge in [0.1, 0.15) is 12.0 Å². The Kier molecular flexibility index (Phi) is 3.93. The predicted octanol–water partition coefficient (Wildman–Crippen LogP) is 3.40. The average molecular weight is 283 g/mol. The smallest absolute Gasteiger partial charge is 0.131 e. The maximum absolute atomic E-state index is 11.8. The number of carbonyl (C=O) groups is 1. The van der Waals surface area contributed by atoms with E-state index in [9.17, 15) is 4.79 Å². The molecule has 1 atom stereocenters. The zero-order chi connectivity index (χ0) is 14.7. The molecule has 1 heterocycles. The van der Waals surface area contributed by atoms with E-state index in [2.05, 4.69) is 4.90 Å². The Balaban J connectivity index is 1.78. The summed E-state index contributed by atoms with van der Waals surface area (Å²) in [7, 11) is 0. The predicted molar refractivity (Wildman–Crippen MR) is 82.0 cm³/mol. The van der Waals surface area contributed by atoms with Crippen molar-refractivity contribution in [2.45, 2.75) is 37.8 Å². The summed E-state index contributed by atoms with van der Waals surface area (Å²) >= 11 is 0. The first kappa shape index (κ1) is 14.1. The van der Waals surface area contributed by atoms with E-state index in [4.69, 9.17) is 4.42 Å². The number of rotatable bonds is 7. The van der Waals surface area contributed by atoms with Crippen LogP contribution in [-0.4, -0.2) is 23.8 Å². The number of benzene rings is 1. The molecule has 3 rings (SSSR count). The number of hydrogen-bond acceptors (Lipinski definition) is 3. The third-order valence-corrected chi connectivity index (χ3v) is 4.23. The van der Waals surface area contributed by atoms with Crippen LogP contribution in [0.5, 0.6) is 0 Å². The summed E-state index contributed by atoms with van der Waals surface area (Å²) in [5.41, 5.74) is 0.598. The molecule has 1 aromatic carbocycles. The zero-order valence-corrected chi connectivity index (χ0v) is 12.4. The van der Waals surface area contributed by atoms with Crippen molar-refractivity contribution < 1.29 is 9.21 Å². The van der Waals surface area contributed by atoms with Gasteiger partial charge in [0.05, 0.1) is 18.2 Å². The SMILES string of the molecule is CC(C=O)(CN(Cc1ccco1)C1CC1)c1ccccc1. The van der Waals surface area contributed by atoms with Crippen molar-refractivity contribution in [1.29, 1.82) is 0 Å². The second-order valence-corrected chi connectivity index (χ2v) is 6.12. The first-order valence-corrected chi connectivity index (χ1v) is 7.49. The third kappa shape index (κ3) is 3.24. The number of furan rings is 1. The molecule has 1 unspecified atom stereocenters. The van der Waals surface area contributed by atoms with Gasteiger partial charge in [0.15, 0.2) is 0 Å². The van der Waals surface area contributed by atoms with Crippen molar-refractivity contribution in [2.24, 2.45) is 0 Å². The highest BCUT2D eigenvalue weighted by Crippen LogP contribution is 2.32. The molecule has 1 aliphatic carbocycles. The van der Waals surface area contributed by atoms with Gasteiger partial charge in [0, 0.05) is 12.6 Å². The van der Waals surface area contributed by atoms with Crippen molar-refractivity contribution in [3.63, 3.8) is 0 Å². The van der Waals surface area contributed by atoms with Crippen LogP contribution < -0.4 is 0 Å². The molecule has 2 aromatic rings. The molecule has 1 fully saturated rings. The molecular formula is C18H21NO2. The van der Waals surface area contributed by atoms with Crippen molar-refractivity contribution in [3.05, 3.63) is 60.1 Å². The second kappa shape index (κ2) is 5.86. The fourth-order valence-corrected chi connectivity index (χ4v) is 2.79. The van der Waals surface area contributed by atoms with Gasteiger partial charge in [-0.05, 0) is 37.5 Å². The molecule has 110 valence electrons. The van der Waals surface area contributed by atoms with E-state index in [0.29, 0.717) is 6.04 Å². The van der Waals surface area contributed by atoms with Crippen LogP contribution in [0.2, 0.25) is 0 Å². The molecule has 0 radical (unpaired) electrons. The molecule has 0 bridgehead atoms. The Morgan fingerprint density at radius 3 is 2.57 bits per heavy atom. The number of aldehydes is 1. The standard InChI is InChI=1S/C18H21NO2/c1-18(14-20,15-6-3-2-4-7-15)13-19(16-9-10-16)12-17-8-5-11-21-17/h2-8,11,14,16H,9-10,12-13H2,1H3. The number of hydrogen-bond donors (Lipinski definition) is 0. The van der Waals surface area contributed by atoms with Gasteiger partial charge in [-0.1, -0.05) is 30.3 Å². The van der Waals surface area contributed by atoms with Gasteiger partial charge in [0.25, 0.3) is 0 Å². The van der Waals surface area contributed by atoms with Gasteiger partial charge >= 0.3 is 0 Å². The molecule has 21 heavy (non-hydrogen) atoms. The number of nitrogens with zero attached hydrogens (tertiary/aromatic N) is 1. The normalized spacial score (nSPS) is 17.6.